The van der Waals surface area contributed by atoms with Crippen LogP contribution < -0.4 is 5.32 Å². The van der Waals surface area contributed by atoms with Crippen molar-refractivity contribution in [1.29, 1.82) is 0 Å². The van der Waals surface area contributed by atoms with E-state index in [-0.39, 0.29) is 12.2 Å². The second-order valence-electron chi connectivity index (χ2n) is 2.84. The van der Waals surface area contributed by atoms with Crippen LogP contribution in [0.3, 0.4) is 0 Å². The maximum atomic E-state index is 10.8. The number of rotatable bonds is 4. The summed E-state index contributed by atoms with van der Waals surface area (Å²) in [5, 5.41) is 2.77. The third-order valence-electron chi connectivity index (χ3n) is 1.41. The lowest BCUT2D eigenvalue weighted by Gasteiger charge is -2.10. The van der Waals surface area contributed by atoms with Crippen LogP contribution in [-0.4, -0.2) is 32.3 Å². The van der Waals surface area contributed by atoms with Crippen LogP contribution in [0.5, 0.6) is 0 Å². The number of carbonyl (C=O) groups is 2. The molecule has 0 bridgehead atoms. The lowest BCUT2D eigenvalue weighted by Crippen LogP contribution is -2.27. The van der Waals surface area contributed by atoms with Gasteiger partial charge in [-0.3, -0.25) is 5.32 Å². The highest BCUT2D eigenvalue weighted by Crippen LogP contribution is 1.94. The first-order valence-corrected chi connectivity index (χ1v) is 4.63. The van der Waals surface area contributed by atoms with Gasteiger partial charge in [0, 0.05) is 11.6 Å². The van der Waals surface area contributed by atoms with Crippen molar-refractivity contribution in [3.63, 3.8) is 0 Å². The summed E-state index contributed by atoms with van der Waals surface area (Å²) in [5.74, 6) is -0.753. The Hall–Kier alpha value is -1.62. The average Bonchev–Trinajstić information content (AvgIpc) is 2.28. The van der Waals surface area contributed by atoms with E-state index in [4.69, 9.17) is 4.74 Å². The Kier molecular flexibility index (Phi) is 10.4. The van der Waals surface area contributed by atoms with E-state index < -0.39 is 5.97 Å². The molecule has 5 heteroatoms. The van der Waals surface area contributed by atoms with Crippen molar-refractivity contribution in [1.82, 2.24) is 5.32 Å². The van der Waals surface area contributed by atoms with Gasteiger partial charge in [-0.2, -0.15) is 0 Å². The molecular formula is C11H19NO4. The Balaban J connectivity index is 0. The van der Waals surface area contributed by atoms with Gasteiger partial charge in [0.05, 0.1) is 7.11 Å². The topological polar surface area (TPSA) is 64.6 Å². The lowest BCUT2D eigenvalue weighted by atomic mass is 10.4. The molecular weight excluding hydrogens is 210 g/mol. The molecule has 92 valence electrons. The third-order valence-corrected chi connectivity index (χ3v) is 1.41. The second-order valence-corrected chi connectivity index (χ2v) is 2.84. The largest absolute Gasteiger partial charge is 0.466 e. The van der Waals surface area contributed by atoms with Crippen molar-refractivity contribution < 1.29 is 19.1 Å². The summed E-state index contributed by atoms with van der Waals surface area (Å²) in [6, 6.07) is 0. The van der Waals surface area contributed by atoms with Gasteiger partial charge in [-0.25, -0.2) is 9.59 Å². The second kappa shape index (κ2) is 9.92. The summed E-state index contributed by atoms with van der Waals surface area (Å²) in [5.41, 5.74) is 0.419. The first kappa shape index (κ1) is 16.8. The van der Waals surface area contributed by atoms with Crippen molar-refractivity contribution in [3.8, 4) is 0 Å². The van der Waals surface area contributed by atoms with Crippen LogP contribution in [0.4, 0.5) is 0 Å². The quantitative estimate of drug-likeness (QED) is 0.443. The summed E-state index contributed by atoms with van der Waals surface area (Å²) >= 11 is 0. The molecule has 16 heavy (non-hydrogen) atoms. The summed E-state index contributed by atoms with van der Waals surface area (Å²) in [4.78, 5) is 20.6. The van der Waals surface area contributed by atoms with E-state index in [0.29, 0.717) is 5.57 Å². The van der Waals surface area contributed by atoms with Gasteiger partial charge in [0.1, 0.15) is 0 Å². The molecule has 1 N–H and O–H groups in total. The van der Waals surface area contributed by atoms with Gasteiger partial charge in [-0.1, -0.05) is 13.2 Å². The molecule has 0 saturated carbocycles. The molecule has 0 aromatic heterocycles. The third kappa shape index (κ3) is 10.5. The van der Waals surface area contributed by atoms with E-state index in [2.05, 4.69) is 23.2 Å². The minimum Gasteiger partial charge on any atom is -0.466 e. The van der Waals surface area contributed by atoms with E-state index in [9.17, 15) is 9.59 Å². The lowest BCUT2D eigenvalue weighted by molar-refractivity contribution is -0.144. The van der Waals surface area contributed by atoms with Crippen molar-refractivity contribution in [3.05, 3.63) is 24.8 Å². The van der Waals surface area contributed by atoms with Crippen LogP contribution in [0.15, 0.2) is 24.8 Å². The highest BCUT2D eigenvalue weighted by atomic mass is 16.6. The fourth-order valence-electron chi connectivity index (χ4n) is 0.403. The van der Waals surface area contributed by atoms with E-state index in [1.54, 1.807) is 20.9 Å². The van der Waals surface area contributed by atoms with Gasteiger partial charge < -0.3 is 9.47 Å². The highest BCUT2D eigenvalue weighted by molar-refractivity contribution is 5.87. The molecule has 0 fully saturated rings. The Labute approximate surface area is 96.1 Å². The Morgan fingerprint density at radius 1 is 1.44 bits per heavy atom. The molecule has 0 saturated heterocycles. The molecule has 0 aliphatic carbocycles. The molecule has 0 amide bonds. The monoisotopic (exact) mass is 229 g/mol. The zero-order chi connectivity index (χ0) is 13.1. The molecule has 1 unspecified atom stereocenters. The van der Waals surface area contributed by atoms with Crippen LogP contribution in [0.25, 0.3) is 0 Å². The average molecular weight is 229 g/mol. The van der Waals surface area contributed by atoms with Crippen molar-refractivity contribution in [2.75, 3.05) is 14.2 Å². The molecule has 0 aromatic carbocycles. The van der Waals surface area contributed by atoms with Crippen molar-refractivity contribution in [2.24, 2.45) is 0 Å². The molecule has 0 aliphatic heterocycles. The molecule has 0 spiro atoms. The van der Waals surface area contributed by atoms with E-state index in [1.165, 1.54) is 7.11 Å². The summed E-state index contributed by atoms with van der Waals surface area (Å²) in [6.45, 7) is 9.96. The number of carbonyl (C=O) groups excluding carboxylic acids is 2. The van der Waals surface area contributed by atoms with Gasteiger partial charge in [-0.15, -0.1) is 0 Å². The van der Waals surface area contributed by atoms with Crippen molar-refractivity contribution in [2.45, 2.75) is 20.1 Å². The smallest absolute Gasteiger partial charge is 0.334 e. The van der Waals surface area contributed by atoms with Crippen LogP contribution in [0.2, 0.25) is 0 Å². The number of ether oxygens (including phenoxy) is 2. The fourth-order valence-corrected chi connectivity index (χ4v) is 0.403. The highest BCUT2D eigenvalue weighted by Gasteiger charge is 2.06. The first-order valence-electron chi connectivity index (χ1n) is 4.63. The summed E-state index contributed by atoms with van der Waals surface area (Å²) < 4.78 is 8.95. The molecule has 0 aliphatic rings. The van der Waals surface area contributed by atoms with Gasteiger partial charge in [0.2, 0.25) is 0 Å². The van der Waals surface area contributed by atoms with Gasteiger partial charge in [-0.05, 0) is 20.9 Å². The maximum Gasteiger partial charge on any atom is 0.334 e. The van der Waals surface area contributed by atoms with Crippen molar-refractivity contribution >= 4 is 11.9 Å². The van der Waals surface area contributed by atoms with Gasteiger partial charge in [0.25, 0.3) is 0 Å². The molecule has 5 nitrogen and oxygen atoms in total. The van der Waals surface area contributed by atoms with Crippen LogP contribution in [-0.2, 0) is 19.1 Å². The SMILES string of the molecule is C=C(C)C(=O)OC(C)NC.C=CC(=O)OC. The Bertz CT molecular complexity index is 261. The predicted molar refractivity (Wildman–Crippen MR) is 61.6 cm³/mol. The normalized spacial score (nSPS) is 10.2. The number of esters is 2. The van der Waals surface area contributed by atoms with Gasteiger partial charge in [0.15, 0.2) is 6.23 Å². The molecule has 0 heterocycles. The summed E-state index contributed by atoms with van der Waals surface area (Å²) in [7, 11) is 3.03. The standard InChI is InChI=1S/C7H13NO2.C4H6O2/c1-5(2)7(9)10-6(3)8-4;1-3-4(5)6-2/h6,8H,1H2,2-4H3;3H,1H2,2H3. The molecule has 0 radical (unpaired) electrons. The molecule has 0 rings (SSSR count). The predicted octanol–water partition coefficient (Wildman–Crippen LogP) is 1.02. The van der Waals surface area contributed by atoms with E-state index >= 15 is 0 Å². The first-order chi connectivity index (χ1) is 7.38. The van der Waals surface area contributed by atoms with Crippen LogP contribution in [0, 0.1) is 0 Å². The number of methoxy groups -OCH3 is 1. The van der Waals surface area contributed by atoms with Gasteiger partial charge >= 0.3 is 11.9 Å². The maximum absolute atomic E-state index is 10.8. The number of hydrogen-bond acceptors (Lipinski definition) is 5. The van der Waals surface area contributed by atoms with E-state index in [1.807, 2.05) is 0 Å². The Morgan fingerprint density at radius 2 is 1.94 bits per heavy atom. The van der Waals surface area contributed by atoms with E-state index in [0.717, 1.165) is 6.08 Å². The van der Waals surface area contributed by atoms with Crippen LogP contribution >= 0.6 is 0 Å². The zero-order valence-electron chi connectivity index (χ0n) is 10.2. The minimum atomic E-state index is -0.394. The Morgan fingerprint density at radius 3 is 2.12 bits per heavy atom. The number of hydrogen-bond donors (Lipinski definition) is 1. The van der Waals surface area contributed by atoms with Crippen LogP contribution in [0.1, 0.15) is 13.8 Å². The summed E-state index contributed by atoms with van der Waals surface area (Å²) in [6.07, 6.45) is 0.865. The fraction of sp³-hybridized carbons (Fsp3) is 0.455. The molecule has 0 aromatic rings. The minimum absolute atomic E-state index is 0.246. The number of nitrogens with one attached hydrogen (secondary N) is 1. The zero-order valence-corrected chi connectivity index (χ0v) is 10.2. The molecule has 1 atom stereocenters.